The van der Waals surface area contributed by atoms with E-state index in [9.17, 15) is 9.59 Å². The van der Waals surface area contributed by atoms with E-state index in [4.69, 9.17) is 26.8 Å². The third kappa shape index (κ3) is 8.50. The Bertz CT molecular complexity index is 1190. The number of esters is 1. The number of unbranched alkanes of at least 4 members (excludes halogenated alkanes) is 1. The van der Waals surface area contributed by atoms with E-state index in [1.54, 1.807) is 13.8 Å². The number of piperazine rings is 1. The first-order chi connectivity index (χ1) is 19.7. The minimum Gasteiger partial charge on any atom is -0.494 e. The summed E-state index contributed by atoms with van der Waals surface area (Å²) >= 11 is 6.53. The van der Waals surface area contributed by atoms with Crippen molar-refractivity contribution in [3.8, 4) is 5.75 Å². The molecule has 10 heteroatoms. The van der Waals surface area contributed by atoms with Gasteiger partial charge in [0.1, 0.15) is 11.8 Å². The predicted octanol–water partition coefficient (Wildman–Crippen LogP) is 3.73. The minimum absolute atomic E-state index is 0.122. The number of anilines is 2. The molecule has 4 rings (SSSR count). The number of carbonyl (C=O) groups excluding carboxylic acids is 2. The number of hydrogen-bond acceptors (Lipinski definition) is 8. The lowest BCUT2D eigenvalue weighted by molar-refractivity contribution is -0.147. The van der Waals surface area contributed by atoms with Crippen molar-refractivity contribution >= 4 is 34.9 Å². The van der Waals surface area contributed by atoms with Crippen LogP contribution in [0.5, 0.6) is 5.75 Å². The van der Waals surface area contributed by atoms with E-state index in [-0.39, 0.29) is 12.6 Å². The minimum atomic E-state index is -0.761. The molecule has 0 spiro atoms. The van der Waals surface area contributed by atoms with Gasteiger partial charge < -0.3 is 30.3 Å². The van der Waals surface area contributed by atoms with E-state index in [1.165, 1.54) is 5.56 Å². The highest BCUT2D eigenvalue weighted by Gasteiger charge is 2.23. The monoisotopic (exact) mass is 585 g/mol. The maximum Gasteiger partial charge on any atom is 0.330 e. The summed E-state index contributed by atoms with van der Waals surface area (Å²) in [4.78, 5) is 31.1. The maximum atomic E-state index is 12.4. The highest BCUT2D eigenvalue weighted by atomic mass is 35.5. The summed E-state index contributed by atoms with van der Waals surface area (Å²) in [6, 6.07) is 11.0. The topological polar surface area (TPSA) is 100 Å². The Kier molecular flexibility index (Phi) is 11.1. The molecule has 0 aromatic heterocycles. The Morgan fingerprint density at radius 3 is 2.59 bits per heavy atom. The summed E-state index contributed by atoms with van der Waals surface area (Å²) in [5.41, 5.74) is 10.1. The van der Waals surface area contributed by atoms with Crippen molar-refractivity contribution in [1.29, 1.82) is 0 Å². The summed E-state index contributed by atoms with van der Waals surface area (Å²) in [5, 5.41) is 3.44. The van der Waals surface area contributed by atoms with Crippen molar-refractivity contribution < 1.29 is 19.1 Å². The van der Waals surface area contributed by atoms with Gasteiger partial charge in [-0.1, -0.05) is 29.8 Å². The summed E-state index contributed by atoms with van der Waals surface area (Å²) in [6.07, 6.45) is 4.02. The van der Waals surface area contributed by atoms with Crippen molar-refractivity contribution in [2.45, 2.75) is 58.5 Å². The van der Waals surface area contributed by atoms with E-state index in [2.05, 4.69) is 46.3 Å². The molecule has 2 heterocycles. The number of fused-ring (bicyclic) bond motifs is 1. The number of hydrogen-bond donors (Lipinski definition) is 2. The number of rotatable bonds is 12. The van der Waals surface area contributed by atoms with Gasteiger partial charge in [-0.3, -0.25) is 9.69 Å². The van der Waals surface area contributed by atoms with E-state index in [1.807, 2.05) is 17.0 Å². The molecule has 2 atom stereocenters. The first-order valence-corrected chi connectivity index (χ1v) is 15.1. The molecule has 1 saturated heterocycles. The van der Waals surface area contributed by atoms with Gasteiger partial charge in [0, 0.05) is 44.5 Å². The number of aryl methyl sites for hydroxylation is 2. The standard InChI is InChI=1S/C31H44ClN5O4/c1-22-8-6-10-27(29(22)32)36-17-15-35(16-18-36)13-4-5-19-40-26-12-11-25-9-7-14-37(28(25)20-26)21-41-31(39)24(3)34-30(38)23(2)33/h6,8,10-12,20,23-24H,4-5,7,9,13-19,21,33H2,1-3H3,(H,34,38). The second-order valence-corrected chi connectivity index (χ2v) is 11.4. The zero-order valence-electron chi connectivity index (χ0n) is 24.5. The molecule has 1 amide bonds. The number of nitrogens with one attached hydrogen (secondary N) is 1. The molecule has 0 saturated carbocycles. The quantitative estimate of drug-likeness (QED) is 0.287. The molecule has 0 aliphatic carbocycles. The Morgan fingerprint density at radius 2 is 1.83 bits per heavy atom. The van der Waals surface area contributed by atoms with Crippen LogP contribution in [0.4, 0.5) is 11.4 Å². The molecule has 1 fully saturated rings. The van der Waals surface area contributed by atoms with Gasteiger partial charge in [0.15, 0.2) is 6.73 Å². The first-order valence-electron chi connectivity index (χ1n) is 14.7. The second kappa shape index (κ2) is 14.8. The normalized spacial score (nSPS) is 17.0. The van der Waals surface area contributed by atoms with Gasteiger partial charge in [-0.15, -0.1) is 0 Å². The molecule has 2 aromatic carbocycles. The number of ether oxygens (including phenoxy) is 2. The van der Waals surface area contributed by atoms with Crippen LogP contribution in [0.3, 0.4) is 0 Å². The Morgan fingerprint density at radius 1 is 1.05 bits per heavy atom. The second-order valence-electron chi connectivity index (χ2n) is 11.1. The molecular formula is C31H44ClN5O4. The maximum absolute atomic E-state index is 12.4. The fourth-order valence-electron chi connectivity index (χ4n) is 5.24. The molecule has 2 aliphatic heterocycles. The van der Waals surface area contributed by atoms with Crippen molar-refractivity contribution in [3.05, 3.63) is 52.5 Å². The highest BCUT2D eigenvalue weighted by molar-refractivity contribution is 6.34. The van der Waals surface area contributed by atoms with E-state index >= 15 is 0 Å². The van der Waals surface area contributed by atoms with Gasteiger partial charge in [0.05, 0.1) is 23.4 Å². The lowest BCUT2D eigenvalue weighted by Crippen LogP contribution is -2.47. The molecular weight excluding hydrogens is 542 g/mol. The molecule has 2 aromatic rings. The van der Waals surface area contributed by atoms with Gasteiger partial charge in [-0.2, -0.15) is 0 Å². The molecule has 2 unspecified atom stereocenters. The van der Waals surface area contributed by atoms with Crippen LogP contribution in [-0.2, 0) is 20.7 Å². The molecule has 9 nitrogen and oxygen atoms in total. The summed E-state index contributed by atoms with van der Waals surface area (Å²) in [6.45, 7) is 11.9. The van der Waals surface area contributed by atoms with Gasteiger partial charge in [-0.05, 0) is 76.3 Å². The first kappa shape index (κ1) is 30.9. The SMILES string of the molecule is Cc1cccc(N2CCN(CCCCOc3ccc4c(c3)N(COC(=O)C(C)NC(=O)C(C)N)CCC4)CC2)c1Cl. The van der Waals surface area contributed by atoms with E-state index in [0.29, 0.717) is 6.61 Å². The van der Waals surface area contributed by atoms with Crippen LogP contribution in [0.1, 0.15) is 44.2 Å². The summed E-state index contributed by atoms with van der Waals surface area (Å²) in [5.74, 6) is -0.0484. The van der Waals surface area contributed by atoms with Crippen LogP contribution < -0.4 is 25.6 Å². The van der Waals surface area contributed by atoms with Crippen molar-refractivity contribution in [1.82, 2.24) is 10.2 Å². The zero-order chi connectivity index (χ0) is 29.4. The molecule has 0 radical (unpaired) electrons. The summed E-state index contributed by atoms with van der Waals surface area (Å²) < 4.78 is 11.6. The van der Waals surface area contributed by atoms with Crippen LogP contribution in [-0.4, -0.2) is 81.5 Å². The Balaban J connectivity index is 1.18. The number of halogens is 1. The number of benzene rings is 2. The molecule has 224 valence electrons. The van der Waals surface area contributed by atoms with Crippen LogP contribution in [0.25, 0.3) is 0 Å². The average molecular weight is 586 g/mol. The lowest BCUT2D eigenvalue weighted by Gasteiger charge is -2.36. The van der Waals surface area contributed by atoms with Gasteiger partial charge in [0.2, 0.25) is 5.91 Å². The van der Waals surface area contributed by atoms with Crippen molar-refractivity contribution in [2.24, 2.45) is 5.73 Å². The third-order valence-electron chi connectivity index (χ3n) is 7.78. The van der Waals surface area contributed by atoms with Crippen LogP contribution in [0, 0.1) is 6.92 Å². The fraction of sp³-hybridized carbons (Fsp3) is 0.548. The average Bonchev–Trinajstić information content (AvgIpc) is 2.97. The van der Waals surface area contributed by atoms with Crippen LogP contribution in [0.2, 0.25) is 5.02 Å². The van der Waals surface area contributed by atoms with E-state index < -0.39 is 18.1 Å². The predicted molar refractivity (Wildman–Crippen MR) is 164 cm³/mol. The number of nitrogens with zero attached hydrogens (tertiary/aromatic N) is 3. The molecule has 41 heavy (non-hydrogen) atoms. The van der Waals surface area contributed by atoms with E-state index in [0.717, 1.165) is 92.7 Å². The largest absolute Gasteiger partial charge is 0.494 e. The Hall–Kier alpha value is -3.01. The van der Waals surface area contributed by atoms with Gasteiger partial charge in [-0.25, -0.2) is 4.79 Å². The molecule has 2 aliphatic rings. The third-order valence-corrected chi connectivity index (χ3v) is 8.27. The van der Waals surface area contributed by atoms with Gasteiger partial charge >= 0.3 is 5.97 Å². The zero-order valence-corrected chi connectivity index (χ0v) is 25.3. The van der Waals surface area contributed by atoms with Gasteiger partial charge in [0.25, 0.3) is 0 Å². The highest BCUT2D eigenvalue weighted by Crippen LogP contribution is 2.31. The van der Waals surface area contributed by atoms with Crippen LogP contribution in [0.15, 0.2) is 36.4 Å². The van der Waals surface area contributed by atoms with Crippen LogP contribution >= 0.6 is 11.6 Å². The lowest BCUT2D eigenvalue weighted by atomic mass is 10.0. The number of amides is 1. The fourth-order valence-corrected chi connectivity index (χ4v) is 5.49. The smallest absolute Gasteiger partial charge is 0.330 e. The molecule has 0 bridgehead atoms. The molecule has 3 N–H and O–H groups in total. The number of nitrogens with two attached hydrogens (primary N) is 1. The summed E-state index contributed by atoms with van der Waals surface area (Å²) in [7, 11) is 0. The number of carbonyl (C=O) groups is 2. The Labute approximate surface area is 248 Å². The van der Waals surface area contributed by atoms with Crippen molar-refractivity contribution in [3.63, 3.8) is 0 Å². The van der Waals surface area contributed by atoms with Crippen molar-refractivity contribution in [2.75, 3.05) is 62.4 Å².